The van der Waals surface area contributed by atoms with Crippen LogP contribution in [0.3, 0.4) is 0 Å². The van der Waals surface area contributed by atoms with Crippen LogP contribution in [0.2, 0.25) is 0 Å². The minimum absolute atomic E-state index is 0.169. The van der Waals surface area contributed by atoms with Crippen molar-refractivity contribution in [2.45, 2.75) is 114 Å². The molecule has 2 aliphatic heterocycles. The second-order valence-corrected chi connectivity index (χ2v) is 12.8. The number of hydrogen-bond donors (Lipinski definition) is 0. The first kappa shape index (κ1) is 30.7. The predicted molar refractivity (Wildman–Crippen MR) is 158 cm³/mol. The van der Waals surface area contributed by atoms with Crippen molar-refractivity contribution in [3.63, 3.8) is 0 Å². The molecule has 2 aromatic rings. The molecule has 0 bridgehead atoms. The van der Waals surface area contributed by atoms with E-state index in [0.717, 1.165) is 60.8 Å². The van der Waals surface area contributed by atoms with E-state index in [1.165, 1.54) is 25.7 Å². The molecule has 216 valence electrons. The predicted octanol–water partition coefficient (Wildman–Crippen LogP) is 10.8. The summed E-state index contributed by atoms with van der Waals surface area (Å²) in [7, 11) is 0. The fourth-order valence-electron chi connectivity index (χ4n) is 5.23. The van der Waals surface area contributed by atoms with Gasteiger partial charge in [0.05, 0.1) is 12.2 Å². The third kappa shape index (κ3) is 7.95. The summed E-state index contributed by atoms with van der Waals surface area (Å²) in [6, 6.07) is 7.75. The third-order valence-electron chi connectivity index (χ3n) is 7.24. The lowest BCUT2D eigenvalue weighted by molar-refractivity contribution is -0.0271. The molecule has 0 amide bonds. The molecule has 0 aromatic heterocycles. The van der Waals surface area contributed by atoms with Crippen molar-refractivity contribution in [3.05, 3.63) is 46.5 Å². The van der Waals surface area contributed by atoms with Gasteiger partial charge in [-0.2, -0.15) is 0 Å². The van der Waals surface area contributed by atoms with E-state index in [9.17, 15) is 0 Å². The van der Waals surface area contributed by atoms with Crippen LogP contribution in [0.1, 0.15) is 113 Å². The Morgan fingerprint density at radius 2 is 0.949 bits per heavy atom. The van der Waals surface area contributed by atoms with Crippen LogP contribution < -0.4 is 18.9 Å². The molecule has 0 spiro atoms. The lowest BCUT2D eigenvalue weighted by atomic mass is 9.94. The molecule has 0 saturated heterocycles. The quantitative estimate of drug-likeness (QED) is 0.155. The second-order valence-electron chi connectivity index (χ2n) is 10.5. The monoisotopic (exact) mass is 618 g/mol. The summed E-state index contributed by atoms with van der Waals surface area (Å²) in [4.78, 5) is 0. The molecular weight excluding hydrogens is 582 g/mol. The first-order chi connectivity index (χ1) is 18.5. The molecule has 2 aromatic carbocycles. The van der Waals surface area contributed by atoms with Gasteiger partial charge in [0.2, 0.25) is 0 Å². The zero-order valence-electron chi connectivity index (χ0n) is 23.1. The largest absolute Gasteiger partial charge is 0.423 e. The maximum Gasteiger partial charge on any atom is 0.419 e. The first-order valence-electron chi connectivity index (χ1n) is 14.0. The van der Waals surface area contributed by atoms with Crippen molar-refractivity contribution in [2.24, 2.45) is 0 Å². The van der Waals surface area contributed by atoms with Crippen molar-refractivity contribution in [1.82, 2.24) is 0 Å². The van der Waals surface area contributed by atoms with Gasteiger partial charge in [-0.3, -0.25) is 0 Å². The minimum Gasteiger partial charge on any atom is -0.423 e. The highest BCUT2D eigenvalue weighted by atomic mass is 35.5. The minimum atomic E-state index is -1.73. The van der Waals surface area contributed by atoms with E-state index < -0.39 is 9.41 Å². The molecule has 39 heavy (non-hydrogen) atoms. The van der Waals surface area contributed by atoms with Crippen molar-refractivity contribution in [3.8, 4) is 23.0 Å². The summed E-state index contributed by atoms with van der Waals surface area (Å²) in [6.45, 7) is 8.52. The van der Waals surface area contributed by atoms with Crippen molar-refractivity contribution < 1.29 is 23.7 Å². The number of rotatable bonds is 14. The number of fused-ring (bicyclic) bond motifs is 2. The Morgan fingerprint density at radius 3 is 1.31 bits per heavy atom. The normalized spacial score (nSPS) is 17.8. The number of aryl methyl sites for hydroxylation is 2. The van der Waals surface area contributed by atoms with Crippen LogP contribution in [0.25, 0.3) is 0 Å². The zero-order valence-corrected chi connectivity index (χ0v) is 26.1. The fourth-order valence-corrected chi connectivity index (χ4v) is 5.89. The molecule has 0 N–H and O–H groups in total. The Balaban J connectivity index is 1.66. The number of alkyl halides is 4. The second kappa shape index (κ2) is 13.2. The highest BCUT2D eigenvalue weighted by molar-refractivity contribution is 6.47. The van der Waals surface area contributed by atoms with E-state index in [1.807, 2.05) is 38.1 Å². The Labute approximate surface area is 252 Å². The average Bonchev–Trinajstić information content (AvgIpc) is 3.33. The number of unbranched alkanes of at least 4 members (excludes halogenated alkanes) is 6. The van der Waals surface area contributed by atoms with Crippen LogP contribution in [0.15, 0.2) is 24.3 Å². The van der Waals surface area contributed by atoms with Gasteiger partial charge in [0.15, 0.2) is 23.0 Å². The number of benzene rings is 2. The summed E-state index contributed by atoms with van der Waals surface area (Å²) in [6.07, 6.45) is 10.5. The van der Waals surface area contributed by atoms with Crippen molar-refractivity contribution in [2.75, 3.05) is 0 Å². The summed E-state index contributed by atoms with van der Waals surface area (Å²) < 4.78 is 26.0. The van der Waals surface area contributed by atoms with E-state index in [0.29, 0.717) is 23.0 Å². The lowest BCUT2D eigenvalue weighted by Crippen LogP contribution is -2.22. The average molecular weight is 620 g/mol. The van der Waals surface area contributed by atoms with Crippen LogP contribution in [-0.4, -0.2) is 9.41 Å². The van der Waals surface area contributed by atoms with Gasteiger partial charge in [-0.05, 0) is 120 Å². The third-order valence-corrected chi connectivity index (χ3v) is 7.86. The molecule has 0 fully saturated rings. The molecule has 0 aliphatic carbocycles. The van der Waals surface area contributed by atoms with Gasteiger partial charge in [0.1, 0.15) is 0 Å². The Hall–Kier alpha value is -1.24. The molecule has 2 unspecified atom stereocenters. The first-order valence-corrected chi connectivity index (χ1v) is 15.5. The van der Waals surface area contributed by atoms with Crippen LogP contribution in [0, 0.1) is 13.8 Å². The fraction of sp³-hybridized carbons (Fsp3) is 0.600. The van der Waals surface area contributed by atoms with Gasteiger partial charge in [-0.15, -0.1) is 0 Å². The van der Waals surface area contributed by atoms with Crippen LogP contribution in [0.5, 0.6) is 23.0 Å². The molecule has 5 nitrogen and oxygen atoms in total. The van der Waals surface area contributed by atoms with E-state index in [2.05, 4.69) is 13.8 Å². The lowest BCUT2D eigenvalue weighted by Gasteiger charge is -2.28. The molecule has 4 rings (SSSR count). The number of halogens is 4. The van der Waals surface area contributed by atoms with Gasteiger partial charge in [-0.1, -0.05) is 65.2 Å². The van der Waals surface area contributed by atoms with Crippen LogP contribution in [-0.2, 0) is 4.74 Å². The SMILES string of the molecule is CCCCCCC(OC(CCCCCC)c1cc2c(cc1C)OC(Cl)(Cl)O2)c1cc2c(cc1C)OC(Cl)(Cl)O2. The maximum atomic E-state index is 7.04. The van der Waals surface area contributed by atoms with Gasteiger partial charge < -0.3 is 23.7 Å². The molecular formula is C30H38Cl4O5. The molecule has 9 heteroatoms. The Morgan fingerprint density at radius 1 is 0.590 bits per heavy atom. The standard InChI is InChI=1S/C30H38Cl4O5/c1-5-7-9-11-13-23(21-17-27-25(15-19(21)3)36-29(31,32)38-27)35-24(14-12-10-8-6-2)22-18-28-26(16-20(22)4)37-30(33,34)39-28/h15-18,23-24H,5-14H2,1-4H3. The van der Waals surface area contributed by atoms with Gasteiger partial charge in [-0.25, -0.2) is 0 Å². The van der Waals surface area contributed by atoms with Crippen molar-refractivity contribution >= 4 is 46.4 Å². The summed E-state index contributed by atoms with van der Waals surface area (Å²) in [5.74, 6) is 2.09. The van der Waals surface area contributed by atoms with Crippen LogP contribution >= 0.6 is 46.4 Å². The van der Waals surface area contributed by atoms with Crippen LogP contribution in [0.4, 0.5) is 0 Å². The zero-order chi connectivity index (χ0) is 28.2. The molecule has 2 heterocycles. The Bertz CT molecular complexity index is 1050. The highest BCUT2D eigenvalue weighted by Gasteiger charge is 2.40. The van der Waals surface area contributed by atoms with Gasteiger partial charge in [0.25, 0.3) is 0 Å². The van der Waals surface area contributed by atoms with Gasteiger partial charge >= 0.3 is 9.41 Å². The van der Waals surface area contributed by atoms with Crippen molar-refractivity contribution in [1.29, 1.82) is 0 Å². The number of ether oxygens (including phenoxy) is 5. The molecule has 2 aliphatic rings. The summed E-state index contributed by atoms with van der Waals surface area (Å²) in [5.41, 5.74) is 4.14. The maximum absolute atomic E-state index is 7.04. The highest BCUT2D eigenvalue weighted by Crippen LogP contribution is 2.49. The van der Waals surface area contributed by atoms with E-state index in [-0.39, 0.29) is 12.2 Å². The topological polar surface area (TPSA) is 46.2 Å². The van der Waals surface area contributed by atoms with E-state index in [1.54, 1.807) is 0 Å². The van der Waals surface area contributed by atoms with E-state index in [4.69, 9.17) is 70.1 Å². The summed E-state index contributed by atoms with van der Waals surface area (Å²) in [5, 5.41) is 0. The van der Waals surface area contributed by atoms with E-state index >= 15 is 0 Å². The number of hydrogen-bond acceptors (Lipinski definition) is 5. The molecule has 0 saturated carbocycles. The summed E-state index contributed by atoms with van der Waals surface area (Å²) >= 11 is 24.5. The molecule has 2 atom stereocenters. The Kier molecular flexibility index (Phi) is 10.4. The smallest absolute Gasteiger partial charge is 0.419 e. The van der Waals surface area contributed by atoms with Gasteiger partial charge in [0, 0.05) is 0 Å². The molecule has 0 radical (unpaired) electrons.